The van der Waals surface area contributed by atoms with E-state index in [4.69, 9.17) is 16.3 Å². The molecular weight excluding hydrogens is 253 g/mol. The van der Waals surface area contributed by atoms with Crippen molar-refractivity contribution in [3.8, 4) is 5.75 Å². The van der Waals surface area contributed by atoms with Crippen molar-refractivity contribution < 1.29 is 9.13 Å². The molecule has 2 nitrogen and oxygen atoms in total. The fourth-order valence-electron chi connectivity index (χ4n) is 1.55. The van der Waals surface area contributed by atoms with Crippen molar-refractivity contribution in [1.82, 2.24) is 5.32 Å². The van der Waals surface area contributed by atoms with Crippen LogP contribution in [-0.2, 0) is 0 Å². The molecule has 0 fully saturated rings. The van der Waals surface area contributed by atoms with Crippen LogP contribution in [-0.4, -0.2) is 19.2 Å². The molecule has 0 aromatic heterocycles. The van der Waals surface area contributed by atoms with E-state index in [1.54, 1.807) is 6.07 Å². The third-order valence-corrected chi connectivity index (χ3v) is 2.82. The quantitative estimate of drug-likeness (QED) is 0.722. The minimum atomic E-state index is -0.413. The highest BCUT2D eigenvalue weighted by atomic mass is 35.5. The van der Waals surface area contributed by atoms with Crippen molar-refractivity contribution in [2.45, 2.75) is 39.2 Å². The smallest absolute Gasteiger partial charge is 0.142 e. The molecule has 0 aliphatic heterocycles. The maximum Gasteiger partial charge on any atom is 0.142 e. The summed E-state index contributed by atoms with van der Waals surface area (Å²) in [6, 6.07) is 4.98. The highest BCUT2D eigenvalue weighted by Crippen LogP contribution is 2.21. The molecule has 18 heavy (non-hydrogen) atoms. The Morgan fingerprint density at radius 3 is 2.72 bits per heavy atom. The van der Waals surface area contributed by atoms with Gasteiger partial charge in [-0.3, -0.25) is 0 Å². The molecule has 4 heteroatoms. The molecule has 1 aromatic carbocycles. The van der Waals surface area contributed by atoms with Crippen LogP contribution in [0.5, 0.6) is 5.75 Å². The number of hydrogen-bond acceptors (Lipinski definition) is 2. The van der Waals surface area contributed by atoms with Crippen LogP contribution in [0.3, 0.4) is 0 Å². The lowest BCUT2D eigenvalue weighted by Gasteiger charge is -2.08. The van der Waals surface area contributed by atoms with Crippen LogP contribution in [0.2, 0.25) is 5.02 Å². The van der Waals surface area contributed by atoms with E-state index in [-0.39, 0.29) is 5.02 Å². The molecule has 1 N–H and O–H groups in total. The Kier molecular flexibility index (Phi) is 7.06. The van der Waals surface area contributed by atoms with Gasteiger partial charge in [-0.1, -0.05) is 25.4 Å². The van der Waals surface area contributed by atoms with Crippen LogP contribution in [0.25, 0.3) is 0 Å². The van der Waals surface area contributed by atoms with Crippen molar-refractivity contribution in [2.75, 3.05) is 13.2 Å². The first kappa shape index (κ1) is 15.3. The molecule has 0 unspecified atom stereocenters. The maximum atomic E-state index is 12.9. The number of hydrogen-bond donors (Lipinski definition) is 1. The molecule has 0 radical (unpaired) electrons. The second-order valence-corrected chi connectivity index (χ2v) is 5.00. The zero-order valence-corrected chi connectivity index (χ0v) is 11.8. The van der Waals surface area contributed by atoms with Gasteiger partial charge in [0.25, 0.3) is 0 Å². The normalized spacial score (nSPS) is 10.9. The predicted molar refractivity (Wildman–Crippen MR) is 73.9 cm³/mol. The Balaban J connectivity index is 2.09. The highest BCUT2D eigenvalue weighted by Gasteiger charge is 2.01. The molecule has 0 aliphatic carbocycles. The summed E-state index contributed by atoms with van der Waals surface area (Å²) in [5.41, 5.74) is 0. The Hall–Kier alpha value is -0.800. The zero-order chi connectivity index (χ0) is 13.4. The fourth-order valence-corrected chi connectivity index (χ4v) is 1.72. The van der Waals surface area contributed by atoms with E-state index < -0.39 is 5.82 Å². The van der Waals surface area contributed by atoms with E-state index in [1.165, 1.54) is 12.1 Å². The summed E-state index contributed by atoms with van der Waals surface area (Å²) in [6.45, 7) is 5.96. The number of unbranched alkanes of at least 4 members (excludes halogenated alkanes) is 2. The van der Waals surface area contributed by atoms with Crippen LogP contribution in [0.15, 0.2) is 18.2 Å². The van der Waals surface area contributed by atoms with Gasteiger partial charge in [0.2, 0.25) is 0 Å². The average molecular weight is 274 g/mol. The van der Waals surface area contributed by atoms with Gasteiger partial charge >= 0.3 is 0 Å². The third-order valence-electron chi connectivity index (χ3n) is 2.53. The summed E-state index contributed by atoms with van der Waals surface area (Å²) in [5, 5.41) is 3.47. The highest BCUT2D eigenvalue weighted by molar-refractivity contribution is 6.30. The molecule has 1 aromatic rings. The monoisotopic (exact) mass is 273 g/mol. The van der Waals surface area contributed by atoms with Gasteiger partial charge in [0.05, 0.1) is 11.6 Å². The van der Waals surface area contributed by atoms with Gasteiger partial charge in [0.1, 0.15) is 11.6 Å². The molecule has 0 bridgehead atoms. The summed E-state index contributed by atoms with van der Waals surface area (Å²) in [7, 11) is 0. The average Bonchev–Trinajstić information content (AvgIpc) is 2.32. The molecule has 102 valence electrons. The number of ether oxygens (including phenoxy) is 1. The summed E-state index contributed by atoms with van der Waals surface area (Å²) >= 11 is 5.66. The molecule has 0 saturated heterocycles. The van der Waals surface area contributed by atoms with Gasteiger partial charge in [-0.25, -0.2) is 4.39 Å². The first-order valence-corrected chi connectivity index (χ1v) is 6.78. The molecule has 0 atom stereocenters. The number of benzene rings is 1. The van der Waals surface area contributed by atoms with Crippen LogP contribution in [0.1, 0.15) is 33.1 Å². The van der Waals surface area contributed by atoms with E-state index in [0.29, 0.717) is 18.4 Å². The Morgan fingerprint density at radius 1 is 1.28 bits per heavy atom. The number of rotatable bonds is 8. The summed E-state index contributed by atoms with van der Waals surface area (Å²) in [5.74, 6) is 0.213. The molecule has 0 spiro atoms. The number of halogens is 2. The van der Waals surface area contributed by atoms with Crippen molar-refractivity contribution in [2.24, 2.45) is 0 Å². The maximum absolute atomic E-state index is 12.9. The van der Waals surface area contributed by atoms with E-state index in [2.05, 4.69) is 19.2 Å². The zero-order valence-electron chi connectivity index (χ0n) is 11.0. The van der Waals surface area contributed by atoms with E-state index in [1.807, 2.05) is 0 Å². The Labute approximate surface area is 113 Å². The first-order chi connectivity index (χ1) is 8.59. The van der Waals surface area contributed by atoms with E-state index >= 15 is 0 Å². The molecule has 0 aliphatic rings. The third kappa shape index (κ3) is 6.22. The van der Waals surface area contributed by atoms with Crippen molar-refractivity contribution in [3.05, 3.63) is 29.0 Å². The van der Waals surface area contributed by atoms with Crippen molar-refractivity contribution >= 4 is 11.6 Å². The lowest BCUT2D eigenvalue weighted by molar-refractivity contribution is 0.304. The van der Waals surface area contributed by atoms with Gasteiger partial charge < -0.3 is 10.1 Å². The summed E-state index contributed by atoms with van der Waals surface area (Å²) in [4.78, 5) is 0. The lowest BCUT2D eigenvalue weighted by atomic mass is 10.2. The molecular formula is C14H21ClFNO. The van der Waals surface area contributed by atoms with Gasteiger partial charge in [0.15, 0.2) is 0 Å². The van der Waals surface area contributed by atoms with E-state index in [9.17, 15) is 4.39 Å². The van der Waals surface area contributed by atoms with Gasteiger partial charge in [-0.2, -0.15) is 0 Å². The van der Waals surface area contributed by atoms with Crippen molar-refractivity contribution in [1.29, 1.82) is 0 Å². The van der Waals surface area contributed by atoms with Crippen LogP contribution in [0.4, 0.5) is 4.39 Å². The Bertz CT molecular complexity index is 358. The topological polar surface area (TPSA) is 21.3 Å². The van der Waals surface area contributed by atoms with Gasteiger partial charge in [-0.15, -0.1) is 0 Å². The molecule has 0 amide bonds. The van der Waals surface area contributed by atoms with Gasteiger partial charge in [-0.05, 0) is 37.9 Å². The van der Waals surface area contributed by atoms with Crippen molar-refractivity contribution in [3.63, 3.8) is 0 Å². The van der Waals surface area contributed by atoms with Crippen LogP contribution in [0, 0.1) is 5.82 Å². The first-order valence-electron chi connectivity index (χ1n) is 6.41. The van der Waals surface area contributed by atoms with E-state index in [0.717, 1.165) is 25.8 Å². The number of nitrogens with one attached hydrogen (secondary N) is 1. The molecule has 0 saturated carbocycles. The minimum Gasteiger partial charge on any atom is -0.494 e. The second-order valence-electron chi connectivity index (χ2n) is 4.59. The molecule has 1 rings (SSSR count). The predicted octanol–water partition coefficient (Wildman–Crippen LogP) is 4.03. The summed E-state index contributed by atoms with van der Waals surface area (Å²) < 4.78 is 18.4. The standard InChI is InChI=1S/C14H21ClFNO/c1-11(2)17-8-4-3-5-9-18-12-6-7-14(16)13(15)10-12/h6-7,10-11,17H,3-5,8-9H2,1-2H3. The summed E-state index contributed by atoms with van der Waals surface area (Å²) in [6.07, 6.45) is 3.26. The van der Waals surface area contributed by atoms with Crippen LogP contribution >= 0.6 is 11.6 Å². The lowest BCUT2D eigenvalue weighted by Crippen LogP contribution is -2.23. The largest absolute Gasteiger partial charge is 0.494 e. The fraction of sp³-hybridized carbons (Fsp3) is 0.571. The Morgan fingerprint density at radius 2 is 2.06 bits per heavy atom. The molecule has 0 heterocycles. The minimum absolute atomic E-state index is 0.105. The SMILES string of the molecule is CC(C)NCCCCCOc1ccc(F)c(Cl)c1. The second kappa shape index (κ2) is 8.33. The van der Waals surface area contributed by atoms with Gasteiger partial charge in [0, 0.05) is 12.1 Å². The van der Waals surface area contributed by atoms with Crippen LogP contribution < -0.4 is 10.1 Å².